The monoisotopic (exact) mass is 368 g/mol. The molecular formula is C14H10BrClN2O3. The van der Waals surface area contributed by atoms with Crippen molar-refractivity contribution in [3.63, 3.8) is 0 Å². The highest BCUT2D eigenvalue weighted by atomic mass is 79.9. The minimum absolute atomic E-state index is 0.129. The third-order valence-corrected chi connectivity index (χ3v) is 3.78. The van der Waals surface area contributed by atoms with E-state index in [-0.39, 0.29) is 11.3 Å². The maximum Gasteiger partial charge on any atom is 0.270 e. The lowest BCUT2D eigenvalue weighted by Gasteiger charge is -2.09. The van der Waals surface area contributed by atoms with Gasteiger partial charge in [0.1, 0.15) is 0 Å². The van der Waals surface area contributed by atoms with Gasteiger partial charge in [-0.15, -0.1) is 0 Å². The fourth-order valence-electron chi connectivity index (χ4n) is 1.75. The van der Waals surface area contributed by atoms with Crippen molar-refractivity contribution >= 4 is 44.8 Å². The molecule has 0 aromatic heterocycles. The zero-order valence-electron chi connectivity index (χ0n) is 10.9. The number of nitrogens with zero attached hydrogens (tertiary/aromatic N) is 1. The predicted octanol–water partition coefficient (Wildman–Crippen LogP) is 4.57. The summed E-state index contributed by atoms with van der Waals surface area (Å²) in [6, 6.07) is 9.14. The van der Waals surface area contributed by atoms with Gasteiger partial charge in [0.25, 0.3) is 11.6 Å². The highest BCUT2D eigenvalue weighted by molar-refractivity contribution is 9.10. The molecular weight excluding hydrogens is 360 g/mol. The normalized spacial score (nSPS) is 10.2. The number of non-ortho nitro benzene ring substituents is 1. The number of halogens is 2. The molecule has 108 valence electrons. The number of benzene rings is 2. The molecule has 1 amide bonds. The van der Waals surface area contributed by atoms with E-state index in [2.05, 4.69) is 21.2 Å². The molecule has 0 aliphatic carbocycles. The minimum atomic E-state index is -0.536. The van der Waals surface area contributed by atoms with Crippen LogP contribution in [-0.4, -0.2) is 10.8 Å². The Morgan fingerprint density at radius 2 is 2.00 bits per heavy atom. The number of aryl methyl sites for hydroxylation is 1. The van der Waals surface area contributed by atoms with Crippen LogP contribution in [0, 0.1) is 17.0 Å². The van der Waals surface area contributed by atoms with E-state index in [0.717, 1.165) is 0 Å². The quantitative estimate of drug-likeness (QED) is 0.636. The lowest BCUT2D eigenvalue weighted by molar-refractivity contribution is -0.384. The van der Waals surface area contributed by atoms with E-state index in [0.29, 0.717) is 20.7 Å². The summed E-state index contributed by atoms with van der Waals surface area (Å²) in [6.45, 7) is 1.71. The highest BCUT2D eigenvalue weighted by Gasteiger charge is 2.15. The summed E-state index contributed by atoms with van der Waals surface area (Å²) < 4.78 is 0.670. The molecule has 21 heavy (non-hydrogen) atoms. The predicted molar refractivity (Wildman–Crippen MR) is 84.9 cm³/mol. The lowest BCUT2D eigenvalue weighted by Crippen LogP contribution is -2.14. The number of carbonyl (C=O) groups is 1. The van der Waals surface area contributed by atoms with Crippen LogP contribution in [0.2, 0.25) is 5.02 Å². The third kappa shape index (κ3) is 3.59. The largest absolute Gasteiger partial charge is 0.321 e. The van der Waals surface area contributed by atoms with Gasteiger partial charge in [-0.1, -0.05) is 17.7 Å². The van der Waals surface area contributed by atoms with Crippen LogP contribution in [0.5, 0.6) is 0 Å². The van der Waals surface area contributed by atoms with E-state index in [1.165, 1.54) is 12.1 Å². The topological polar surface area (TPSA) is 72.2 Å². The fraction of sp³-hybridized carbons (Fsp3) is 0.0714. The van der Waals surface area contributed by atoms with Gasteiger partial charge < -0.3 is 5.32 Å². The van der Waals surface area contributed by atoms with Crippen molar-refractivity contribution in [1.82, 2.24) is 0 Å². The zero-order valence-corrected chi connectivity index (χ0v) is 13.2. The molecule has 2 aromatic carbocycles. The zero-order chi connectivity index (χ0) is 15.6. The van der Waals surface area contributed by atoms with Gasteiger partial charge in [0, 0.05) is 27.2 Å². The Balaban J connectivity index is 2.34. The highest BCUT2D eigenvalue weighted by Crippen LogP contribution is 2.27. The molecule has 0 unspecified atom stereocenters. The molecule has 0 saturated heterocycles. The van der Waals surface area contributed by atoms with Crippen molar-refractivity contribution in [1.29, 1.82) is 0 Å². The maximum absolute atomic E-state index is 12.3. The number of rotatable bonds is 3. The Kier molecular flexibility index (Phi) is 4.59. The second-order valence-corrected chi connectivity index (χ2v) is 5.63. The Morgan fingerprint density at radius 1 is 1.29 bits per heavy atom. The first kappa shape index (κ1) is 15.5. The number of anilines is 1. The van der Waals surface area contributed by atoms with Crippen LogP contribution in [-0.2, 0) is 0 Å². The lowest BCUT2D eigenvalue weighted by atomic mass is 10.1. The molecule has 0 aliphatic rings. The van der Waals surface area contributed by atoms with Crippen LogP contribution in [0.15, 0.2) is 40.9 Å². The van der Waals surface area contributed by atoms with E-state index in [1.807, 2.05) is 0 Å². The van der Waals surface area contributed by atoms with Crippen LogP contribution in [0.1, 0.15) is 15.9 Å². The average Bonchev–Trinajstić information content (AvgIpc) is 2.43. The first-order chi connectivity index (χ1) is 9.88. The minimum Gasteiger partial charge on any atom is -0.321 e. The van der Waals surface area contributed by atoms with Crippen molar-refractivity contribution in [3.05, 3.63) is 67.1 Å². The number of carbonyl (C=O) groups excluding carboxylic acids is 1. The summed E-state index contributed by atoms with van der Waals surface area (Å²) >= 11 is 9.19. The van der Waals surface area contributed by atoms with Gasteiger partial charge in [-0.05, 0) is 46.6 Å². The van der Waals surface area contributed by atoms with Crippen molar-refractivity contribution in [2.75, 3.05) is 5.32 Å². The van der Waals surface area contributed by atoms with Crippen molar-refractivity contribution in [2.45, 2.75) is 6.92 Å². The number of hydrogen-bond acceptors (Lipinski definition) is 3. The standard InChI is InChI=1S/C14H10BrClN2O3/c1-8-2-4-10(18(20)21)7-11(8)14(19)17-13-6-9(16)3-5-12(13)15/h2-7H,1H3,(H,17,19). The molecule has 0 saturated carbocycles. The average molecular weight is 370 g/mol. The van der Waals surface area contributed by atoms with Crippen LogP contribution in [0.4, 0.5) is 11.4 Å². The Hall–Kier alpha value is -1.92. The Morgan fingerprint density at radius 3 is 2.67 bits per heavy atom. The first-order valence-electron chi connectivity index (χ1n) is 5.90. The van der Waals surface area contributed by atoms with E-state index < -0.39 is 10.8 Å². The number of hydrogen-bond donors (Lipinski definition) is 1. The molecule has 0 atom stereocenters. The molecule has 0 aliphatic heterocycles. The van der Waals surface area contributed by atoms with Gasteiger partial charge in [-0.2, -0.15) is 0 Å². The van der Waals surface area contributed by atoms with E-state index >= 15 is 0 Å². The van der Waals surface area contributed by atoms with Gasteiger partial charge in [0.05, 0.1) is 10.6 Å². The number of nitro benzene ring substituents is 1. The number of nitro groups is 1. The first-order valence-corrected chi connectivity index (χ1v) is 7.07. The molecule has 0 radical (unpaired) electrons. The van der Waals surface area contributed by atoms with Crippen LogP contribution < -0.4 is 5.32 Å². The summed E-state index contributed by atoms with van der Waals surface area (Å²) in [5, 5.41) is 14.0. The van der Waals surface area contributed by atoms with Gasteiger partial charge in [0.2, 0.25) is 0 Å². The molecule has 0 bridgehead atoms. The summed E-state index contributed by atoms with van der Waals surface area (Å²) in [7, 11) is 0. The van der Waals surface area contributed by atoms with Gasteiger partial charge in [0.15, 0.2) is 0 Å². The van der Waals surface area contributed by atoms with Crippen molar-refractivity contribution in [3.8, 4) is 0 Å². The molecule has 0 heterocycles. The SMILES string of the molecule is Cc1ccc([N+](=O)[O-])cc1C(=O)Nc1cc(Cl)ccc1Br. The smallest absolute Gasteiger partial charge is 0.270 e. The summed E-state index contributed by atoms with van der Waals surface area (Å²) in [6.07, 6.45) is 0. The van der Waals surface area contributed by atoms with Gasteiger partial charge >= 0.3 is 0 Å². The van der Waals surface area contributed by atoms with Crippen molar-refractivity contribution in [2.24, 2.45) is 0 Å². The molecule has 7 heteroatoms. The molecule has 2 aromatic rings. The second kappa shape index (κ2) is 6.24. The molecule has 1 N–H and O–H groups in total. The third-order valence-electron chi connectivity index (χ3n) is 2.85. The van der Waals surface area contributed by atoms with Crippen LogP contribution >= 0.6 is 27.5 Å². The Labute approximate surface area is 134 Å². The second-order valence-electron chi connectivity index (χ2n) is 4.33. The molecule has 5 nitrogen and oxygen atoms in total. The van der Waals surface area contributed by atoms with E-state index in [1.54, 1.807) is 31.2 Å². The molecule has 2 rings (SSSR count). The summed E-state index contributed by atoms with van der Waals surface area (Å²) in [5.41, 5.74) is 1.27. The van der Waals surface area contributed by atoms with E-state index in [9.17, 15) is 14.9 Å². The molecule has 0 fully saturated rings. The van der Waals surface area contributed by atoms with Gasteiger partial charge in [-0.3, -0.25) is 14.9 Å². The van der Waals surface area contributed by atoms with Gasteiger partial charge in [-0.25, -0.2) is 0 Å². The number of nitrogens with one attached hydrogen (secondary N) is 1. The van der Waals surface area contributed by atoms with Crippen LogP contribution in [0.3, 0.4) is 0 Å². The van der Waals surface area contributed by atoms with E-state index in [4.69, 9.17) is 11.6 Å². The molecule has 0 spiro atoms. The maximum atomic E-state index is 12.3. The number of amides is 1. The summed E-state index contributed by atoms with van der Waals surface area (Å²) in [4.78, 5) is 22.5. The van der Waals surface area contributed by atoms with Crippen LogP contribution in [0.25, 0.3) is 0 Å². The fourth-order valence-corrected chi connectivity index (χ4v) is 2.27. The van der Waals surface area contributed by atoms with Crippen molar-refractivity contribution < 1.29 is 9.72 Å². The Bertz CT molecular complexity index is 734. The summed E-state index contributed by atoms with van der Waals surface area (Å²) in [5.74, 6) is -0.431.